The Morgan fingerprint density at radius 3 is 2.61 bits per heavy atom. The number of amides is 1. The van der Waals surface area contributed by atoms with Crippen molar-refractivity contribution in [1.82, 2.24) is 4.98 Å². The zero-order chi connectivity index (χ0) is 13.3. The van der Waals surface area contributed by atoms with Crippen LogP contribution in [0.2, 0.25) is 5.02 Å². The number of pyridine rings is 1. The topological polar surface area (TPSA) is 54.0 Å². The van der Waals surface area contributed by atoms with E-state index in [0.717, 1.165) is 12.8 Å². The second-order valence-electron chi connectivity index (χ2n) is 5.69. The van der Waals surface area contributed by atoms with Gasteiger partial charge in [-0.25, -0.2) is 4.98 Å². The molecule has 0 bridgehead atoms. The zero-order valence-corrected chi connectivity index (χ0v) is 11.6. The third-order valence-corrected chi connectivity index (χ3v) is 2.84. The van der Waals surface area contributed by atoms with Gasteiger partial charge in [-0.05, 0) is 39.7 Å². The molecule has 1 fully saturated rings. The fourth-order valence-corrected chi connectivity index (χ4v) is 1.76. The van der Waals surface area contributed by atoms with Gasteiger partial charge in [-0.1, -0.05) is 11.6 Å². The summed E-state index contributed by atoms with van der Waals surface area (Å²) in [6.07, 6.45) is 3.59. The highest BCUT2D eigenvalue weighted by molar-refractivity contribution is 6.33. The monoisotopic (exact) mass is 267 g/mol. The number of hydrogen-bond donors (Lipinski definition) is 2. The van der Waals surface area contributed by atoms with E-state index >= 15 is 0 Å². The molecule has 1 aromatic heterocycles. The van der Waals surface area contributed by atoms with Crippen LogP contribution < -0.4 is 10.6 Å². The Morgan fingerprint density at radius 1 is 1.44 bits per heavy atom. The Hall–Kier alpha value is -1.29. The first-order chi connectivity index (χ1) is 8.35. The van der Waals surface area contributed by atoms with E-state index in [0.29, 0.717) is 16.5 Å². The highest BCUT2D eigenvalue weighted by Gasteiger charge is 2.29. The van der Waals surface area contributed by atoms with Crippen LogP contribution in [0.15, 0.2) is 12.3 Å². The summed E-state index contributed by atoms with van der Waals surface area (Å²) in [5.41, 5.74) is 0.548. The molecule has 2 rings (SSSR count). The molecule has 1 heterocycles. The molecule has 1 saturated carbocycles. The predicted molar refractivity (Wildman–Crippen MR) is 74.0 cm³/mol. The minimum absolute atomic E-state index is 0.0596. The predicted octanol–water partition coefficient (Wildman–Crippen LogP) is 3.29. The minimum atomic E-state index is -0.102. The van der Waals surface area contributed by atoms with Crippen molar-refractivity contribution >= 4 is 29.0 Å². The third kappa shape index (κ3) is 3.60. The molecule has 98 valence electrons. The molecule has 4 nitrogen and oxygen atoms in total. The van der Waals surface area contributed by atoms with Gasteiger partial charge >= 0.3 is 0 Å². The number of rotatable bonds is 3. The number of halogens is 1. The normalized spacial score (nSPS) is 15.3. The van der Waals surface area contributed by atoms with Gasteiger partial charge < -0.3 is 10.6 Å². The van der Waals surface area contributed by atoms with Crippen LogP contribution in [-0.4, -0.2) is 16.4 Å². The number of carbonyl (C=O) groups is 1. The van der Waals surface area contributed by atoms with Gasteiger partial charge in [0, 0.05) is 11.5 Å². The van der Waals surface area contributed by atoms with Crippen LogP contribution in [0.3, 0.4) is 0 Å². The fraction of sp³-hybridized carbons (Fsp3) is 0.538. The lowest BCUT2D eigenvalue weighted by atomic mass is 10.1. The fourth-order valence-electron chi connectivity index (χ4n) is 1.54. The number of nitrogens with one attached hydrogen (secondary N) is 2. The van der Waals surface area contributed by atoms with E-state index < -0.39 is 0 Å². The van der Waals surface area contributed by atoms with Crippen molar-refractivity contribution in [3.63, 3.8) is 0 Å². The molecule has 5 heteroatoms. The Labute approximate surface area is 112 Å². The van der Waals surface area contributed by atoms with E-state index in [-0.39, 0.29) is 17.4 Å². The first kappa shape index (κ1) is 13.1. The summed E-state index contributed by atoms with van der Waals surface area (Å²) in [6.45, 7) is 6.11. The number of nitrogens with zero attached hydrogens (tertiary/aromatic N) is 1. The van der Waals surface area contributed by atoms with E-state index in [1.807, 2.05) is 20.8 Å². The van der Waals surface area contributed by atoms with E-state index in [2.05, 4.69) is 15.6 Å². The lowest BCUT2D eigenvalue weighted by Crippen LogP contribution is -2.27. The summed E-state index contributed by atoms with van der Waals surface area (Å²) in [7, 11) is 0. The molecule has 1 aromatic rings. The molecule has 0 spiro atoms. The highest BCUT2D eigenvalue weighted by Crippen LogP contribution is 2.31. The van der Waals surface area contributed by atoms with Gasteiger partial charge in [0.1, 0.15) is 5.82 Å². The van der Waals surface area contributed by atoms with E-state index in [1.54, 1.807) is 12.3 Å². The second-order valence-corrected chi connectivity index (χ2v) is 6.10. The Bertz CT molecular complexity index is 464. The van der Waals surface area contributed by atoms with Gasteiger partial charge in [0.15, 0.2) is 0 Å². The van der Waals surface area contributed by atoms with Crippen molar-refractivity contribution in [1.29, 1.82) is 0 Å². The van der Waals surface area contributed by atoms with Crippen molar-refractivity contribution in [3.8, 4) is 0 Å². The van der Waals surface area contributed by atoms with Crippen LogP contribution in [-0.2, 0) is 4.79 Å². The molecule has 0 aromatic carbocycles. The number of aromatic nitrogens is 1. The van der Waals surface area contributed by atoms with Crippen molar-refractivity contribution in [2.45, 2.75) is 39.2 Å². The second kappa shape index (κ2) is 4.76. The molecule has 18 heavy (non-hydrogen) atoms. The third-order valence-electron chi connectivity index (χ3n) is 2.55. The van der Waals surface area contributed by atoms with Crippen molar-refractivity contribution in [2.75, 3.05) is 10.6 Å². The largest absolute Gasteiger partial charge is 0.364 e. The Morgan fingerprint density at radius 2 is 2.11 bits per heavy atom. The molecule has 0 saturated heterocycles. The van der Waals surface area contributed by atoms with Gasteiger partial charge in [0.2, 0.25) is 5.91 Å². The number of anilines is 2. The summed E-state index contributed by atoms with van der Waals surface area (Å²) in [5, 5.41) is 6.54. The molecule has 1 amide bonds. The van der Waals surface area contributed by atoms with Gasteiger partial charge in [-0.2, -0.15) is 0 Å². The van der Waals surface area contributed by atoms with E-state index in [4.69, 9.17) is 11.6 Å². The Kier molecular flexibility index (Phi) is 3.48. The van der Waals surface area contributed by atoms with Gasteiger partial charge in [-0.15, -0.1) is 0 Å². The van der Waals surface area contributed by atoms with Crippen LogP contribution in [0, 0.1) is 5.92 Å². The van der Waals surface area contributed by atoms with Crippen molar-refractivity contribution < 1.29 is 4.79 Å². The van der Waals surface area contributed by atoms with Crippen LogP contribution in [0.25, 0.3) is 0 Å². The average Bonchev–Trinajstić information content (AvgIpc) is 3.03. The molecule has 0 unspecified atom stereocenters. The quantitative estimate of drug-likeness (QED) is 0.884. The molecular weight excluding hydrogens is 250 g/mol. The van der Waals surface area contributed by atoms with Gasteiger partial charge in [0.05, 0.1) is 16.9 Å². The van der Waals surface area contributed by atoms with Gasteiger partial charge in [-0.3, -0.25) is 4.79 Å². The number of carbonyl (C=O) groups excluding carboxylic acids is 1. The maximum absolute atomic E-state index is 11.6. The first-order valence-corrected chi connectivity index (χ1v) is 6.47. The molecular formula is C13H18ClN3O. The SMILES string of the molecule is CC(C)(C)Nc1ncc(NC(=O)C2CC2)cc1Cl. The molecule has 0 aliphatic heterocycles. The van der Waals surface area contributed by atoms with E-state index in [9.17, 15) is 4.79 Å². The first-order valence-electron chi connectivity index (χ1n) is 6.10. The standard InChI is InChI=1S/C13H18ClN3O/c1-13(2,3)17-11-10(14)6-9(7-15-11)16-12(18)8-4-5-8/h6-8H,4-5H2,1-3H3,(H,15,17)(H,16,18). The van der Waals surface area contributed by atoms with Crippen LogP contribution in [0.4, 0.5) is 11.5 Å². The molecule has 1 aliphatic rings. The van der Waals surface area contributed by atoms with Crippen molar-refractivity contribution in [2.24, 2.45) is 5.92 Å². The minimum Gasteiger partial charge on any atom is -0.364 e. The zero-order valence-electron chi connectivity index (χ0n) is 10.9. The average molecular weight is 268 g/mol. The van der Waals surface area contributed by atoms with Crippen LogP contribution >= 0.6 is 11.6 Å². The number of hydrogen-bond acceptors (Lipinski definition) is 3. The van der Waals surface area contributed by atoms with E-state index in [1.165, 1.54) is 0 Å². The summed E-state index contributed by atoms with van der Waals surface area (Å²) >= 11 is 6.14. The van der Waals surface area contributed by atoms with Gasteiger partial charge in [0.25, 0.3) is 0 Å². The molecule has 0 radical (unpaired) electrons. The van der Waals surface area contributed by atoms with Crippen molar-refractivity contribution in [3.05, 3.63) is 17.3 Å². The Balaban J connectivity index is 2.06. The highest BCUT2D eigenvalue weighted by atomic mass is 35.5. The summed E-state index contributed by atoms with van der Waals surface area (Å²) < 4.78 is 0. The maximum atomic E-state index is 11.6. The lowest BCUT2D eigenvalue weighted by molar-refractivity contribution is -0.117. The summed E-state index contributed by atoms with van der Waals surface area (Å²) in [6, 6.07) is 1.73. The smallest absolute Gasteiger partial charge is 0.227 e. The van der Waals surface area contributed by atoms with Crippen LogP contribution in [0.5, 0.6) is 0 Å². The maximum Gasteiger partial charge on any atom is 0.227 e. The lowest BCUT2D eigenvalue weighted by Gasteiger charge is -2.22. The molecule has 1 aliphatic carbocycles. The summed E-state index contributed by atoms with van der Waals surface area (Å²) in [4.78, 5) is 15.8. The van der Waals surface area contributed by atoms with Crippen LogP contribution in [0.1, 0.15) is 33.6 Å². The molecule has 2 N–H and O–H groups in total. The summed E-state index contributed by atoms with van der Waals surface area (Å²) in [5.74, 6) is 0.870. The molecule has 0 atom stereocenters.